The van der Waals surface area contributed by atoms with Crippen molar-refractivity contribution in [3.8, 4) is 0 Å². The minimum absolute atomic E-state index is 0. The molecule has 1 fully saturated rings. The predicted octanol–water partition coefficient (Wildman–Crippen LogP) is -0.161. The second-order valence-electron chi connectivity index (χ2n) is 2.89. The van der Waals surface area contributed by atoms with E-state index in [0.29, 0.717) is 12.8 Å². The van der Waals surface area contributed by atoms with E-state index in [1.807, 2.05) is 0 Å². The second kappa shape index (κ2) is 5.01. The van der Waals surface area contributed by atoms with Gasteiger partial charge in [0.25, 0.3) is 0 Å². The van der Waals surface area contributed by atoms with E-state index in [-0.39, 0.29) is 17.7 Å². The zero-order valence-electron chi connectivity index (χ0n) is 6.82. The first kappa shape index (κ1) is 12.2. The van der Waals surface area contributed by atoms with Crippen LogP contribution in [0.1, 0.15) is 19.3 Å². The van der Waals surface area contributed by atoms with Gasteiger partial charge in [-0.05, 0) is 32.4 Å². The Balaban J connectivity index is 0.00000121. The van der Waals surface area contributed by atoms with E-state index >= 15 is 0 Å². The molecule has 0 saturated carbocycles. The Kier molecular flexibility index (Phi) is 5.08. The van der Waals surface area contributed by atoms with Gasteiger partial charge in [0, 0.05) is 0 Å². The molecule has 4 nitrogen and oxygen atoms in total. The molecule has 6 heteroatoms. The summed E-state index contributed by atoms with van der Waals surface area (Å²) in [4.78, 5) is 0. The summed E-state index contributed by atoms with van der Waals surface area (Å²) in [5.74, 6) is 0. The van der Waals surface area contributed by atoms with Crippen molar-refractivity contribution in [2.45, 2.75) is 24.5 Å². The lowest BCUT2D eigenvalue weighted by molar-refractivity contribution is 0.568. The summed E-state index contributed by atoms with van der Waals surface area (Å²) in [5.41, 5.74) is 0. The predicted molar refractivity (Wildman–Crippen MR) is 50.9 cm³/mol. The van der Waals surface area contributed by atoms with Gasteiger partial charge in [-0.15, -0.1) is 12.4 Å². The van der Waals surface area contributed by atoms with Gasteiger partial charge in [-0.25, -0.2) is 13.6 Å². The normalized spacial score (nSPS) is 25.6. The van der Waals surface area contributed by atoms with Gasteiger partial charge in [0.15, 0.2) is 0 Å². The molecule has 0 aromatic heterocycles. The van der Waals surface area contributed by atoms with E-state index in [0.717, 1.165) is 19.5 Å². The van der Waals surface area contributed by atoms with Crippen molar-refractivity contribution >= 4 is 22.4 Å². The lowest BCUT2D eigenvalue weighted by Crippen LogP contribution is -2.29. The molecule has 0 spiro atoms. The van der Waals surface area contributed by atoms with Crippen LogP contribution in [0.3, 0.4) is 0 Å². The molecular formula is C6H15ClN2O2S. The molecule has 0 aliphatic carbocycles. The zero-order chi connectivity index (χ0) is 8.32. The smallest absolute Gasteiger partial charge is 0.212 e. The molecule has 0 bridgehead atoms. The summed E-state index contributed by atoms with van der Waals surface area (Å²) >= 11 is 0. The first-order valence-electron chi connectivity index (χ1n) is 3.83. The van der Waals surface area contributed by atoms with Crippen LogP contribution in [0.15, 0.2) is 0 Å². The number of nitrogens with two attached hydrogens (primary N) is 1. The fourth-order valence-electron chi connectivity index (χ4n) is 1.32. The van der Waals surface area contributed by atoms with E-state index in [2.05, 4.69) is 5.32 Å². The molecular weight excluding hydrogens is 200 g/mol. The van der Waals surface area contributed by atoms with Gasteiger partial charge >= 0.3 is 0 Å². The van der Waals surface area contributed by atoms with Crippen molar-refractivity contribution in [3.05, 3.63) is 0 Å². The average Bonchev–Trinajstić information content (AvgIpc) is 2.10. The highest BCUT2D eigenvalue weighted by Gasteiger charge is 2.21. The lowest BCUT2D eigenvalue weighted by Gasteiger charge is -2.09. The van der Waals surface area contributed by atoms with Gasteiger partial charge in [-0.2, -0.15) is 0 Å². The number of halogens is 1. The van der Waals surface area contributed by atoms with Crippen LogP contribution in [-0.2, 0) is 10.0 Å². The molecule has 1 aliphatic heterocycles. The Morgan fingerprint density at radius 3 is 2.50 bits per heavy atom. The van der Waals surface area contributed by atoms with Crippen molar-refractivity contribution in [3.63, 3.8) is 0 Å². The minimum atomic E-state index is -3.29. The highest BCUT2D eigenvalue weighted by molar-refractivity contribution is 7.89. The summed E-state index contributed by atoms with van der Waals surface area (Å²) in [6.45, 7) is 1.67. The maximum Gasteiger partial charge on any atom is 0.212 e. The zero-order valence-corrected chi connectivity index (χ0v) is 8.46. The molecule has 1 unspecified atom stereocenters. The molecule has 74 valence electrons. The fraction of sp³-hybridized carbons (Fsp3) is 1.00. The van der Waals surface area contributed by atoms with Crippen LogP contribution in [0.25, 0.3) is 0 Å². The lowest BCUT2D eigenvalue weighted by atomic mass is 10.2. The molecule has 1 heterocycles. The van der Waals surface area contributed by atoms with Crippen molar-refractivity contribution in [2.75, 3.05) is 13.1 Å². The van der Waals surface area contributed by atoms with Crippen molar-refractivity contribution < 1.29 is 8.42 Å². The number of sulfonamides is 1. The van der Waals surface area contributed by atoms with Crippen LogP contribution in [0.4, 0.5) is 0 Å². The van der Waals surface area contributed by atoms with Crippen LogP contribution in [0.2, 0.25) is 0 Å². The van der Waals surface area contributed by atoms with Crippen LogP contribution in [0.5, 0.6) is 0 Å². The minimum Gasteiger partial charge on any atom is -0.317 e. The number of nitrogens with one attached hydrogen (secondary N) is 1. The van der Waals surface area contributed by atoms with Crippen molar-refractivity contribution in [1.82, 2.24) is 5.32 Å². The van der Waals surface area contributed by atoms with E-state index in [4.69, 9.17) is 5.14 Å². The fourth-order valence-corrected chi connectivity index (χ4v) is 2.26. The SMILES string of the molecule is Cl.NS(=O)(=O)C1CCCNCC1. The number of primary sulfonamides is 1. The summed E-state index contributed by atoms with van der Waals surface area (Å²) in [6, 6.07) is 0. The molecule has 1 aliphatic rings. The second-order valence-corrected chi connectivity index (χ2v) is 4.74. The van der Waals surface area contributed by atoms with E-state index in [1.54, 1.807) is 0 Å². The van der Waals surface area contributed by atoms with E-state index in [1.165, 1.54) is 0 Å². The quantitative estimate of drug-likeness (QED) is 0.637. The highest BCUT2D eigenvalue weighted by atomic mass is 35.5. The third kappa shape index (κ3) is 3.71. The highest BCUT2D eigenvalue weighted by Crippen LogP contribution is 2.11. The Morgan fingerprint density at radius 2 is 1.92 bits per heavy atom. The molecule has 1 rings (SSSR count). The average molecular weight is 215 g/mol. The molecule has 0 aromatic carbocycles. The molecule has 12 heavy (non-hydrogen) atoms. The largest absolute Gasteiger partial charge is 0.317 e. The van der Waals surface area contributed by atoms with Crippen molar-refractivity contribution in [2.24, 2.45) is 5.14 Å². The molecule has 1 atom stereocenters. The summed E-state index contributed by atoms with van der Waals surface area (Å²) in [5, 5.41) is 7.83. The van der Waals surface area contributed by atoms with Gasteiger partial charge in [0.1, 0.15) is 0 Å². The summed E-state index contributed by atoms with van der Waals surface area (Å²) < 4.78 is 21.8. The first-order valence-corrected chi connectivity index (χ1v) is 5.44. The van der Waals surface area contributed by atoms with Gasteiger partial charge < -0.3 is 5.32 Å². The Morgan fingerprint density at radius 1 is 1.25 bits per heavy atom. The van der Waals surface area contributed by atoms with Gasteiger partial charge in [0.05, 0.1) is 5.25 Å². The maximum absolute atomic E-state index is 10.9. The van der Waals surface area contributed by atoms with E-state index < -0.39 is 10.0 Å². The Hall–Kier alpha value is 0.160. The number of rotatable bonds is 1. The summed E-state index contributed by atoms with van der Waals surface area (Å²) in [7, 11) is -3.29. The van der Waals surface area contributed by atoms with Gasteiger partial charge in [-0.3, -0.25) is 0 Å². The maximum atomic E-state index is 10.9. The van der Waals surface area contributed by atoms with E-state index in [9.17, 15) is 8.42 Å². The molecule has 0 amide bonds. The van der Waals surface area contributed by atoms with Crippen LogP contribution >= 0.6 is 12.4 Å². The monoisotopic (exact) mass is 214 g/mol. The standard InChI is InChI=1S/C6H14N2O2S.ClH/c7-11(9,10)6-2-1-4-8-5-3-6;/h6,8H,1-5H2,(H2,7,9,10);1H. The van der Waals surface area contributed by atoms with Crippen LogP contribution in [0, 0.1) is 0 Å². The third-order valence-corrected chi connectivity index (χ3v) is 3.39. The first-order chi connectivity index (χ1) is 5.11. The van der Waals surface area contributed by atoms with Crippen LogP contribution < -0.4 is 10.5 Å². The Labute approximate surface area is 79.4 Å². The number of hydrogen-bond acceptors (Lipinski definition) is 3. The molecule has 0 aromatic rings. The topological polar surface area (TPSA) is 72.2 Å². The third-order valence-electron chi connectivity index (χ3n) is 1.99. The Bertz CT molecular complexity index is 210. The van der Waals surface area contributed by atoms with Crippen LogP contribution in [-0.4, -0.2) is 26.8 Å². The van der Waals surface area contributed by atoms with Gasteiger partial charge in [-0.1, -0.05) is 0 Å². The molecule has 0 radical (unpaired) electrons. The van der Waals surface area contributed by atoms with Gasteiger partial charge in [0.2, 0.25) is 10.0 Å². The number of hydrogen-bond donors (Lipinski definition) is 2. The summed E-state index contributed by atoms with van der Waals surface area (Å²) in [6.07, 6.45) is 2.26. The molecule has 3 N–H and O–H groups in total. The molecule has 1 saturated heterocycles. The van der Waals surface area contributed by atoms with Crippen molar-refractivity contribution in [1.29, 1.82) is 0 Å².